The molecule has 0 aromatic heterocycles. The first-order valence-corrected chi connectivity index (χ1v) is 11.8. The van der Waals surface area contributed by atoms with Gasteiger partial charge in [-0.2, -0.15) is 0 Å². The van der Waals surface area contributed by atoms with E-state index >= 15 is 0 Å². The zero-order valence-corrected chi connectivity index (χ0v) is 18.8. The molecule has 0 atom stereocenters. The second-order valence-electron chi connectivity index (χ2n) is 7.55. The molecule has 0 amide bonds. The fourth-order valence-corrected chi connectivity index (χ4v) is 6.59. The van der Waals surface area contributed by atoms with Gasteiger partial charge in [0.1, 0.15) is 0 Å². The van der Waals surface area contributed by atoms with Crippen molar-refractivity contribution in [3.8, 4) is 22.6 Å². The Bertz CT molecular complexity index is 1380. The van der Waals surface area contributed by atoms with Crippen LogP contribution in [0.1, 0.15) is 5.56 Å². The van der Waals surface area contributed by atoms with Crippen molar-refractivity contribution in [3.63, 3.8) is 0 Å². The SMILES string of the molecule is [C-]#[N+]c1c(C)ccc(-c2c(P(c3ccccc3)c3ccccc3)ccc3c2OCO3)c1[N+]#[C-]. The maximum absolute atomic E-state index is 7.89. The zero-order chi connectivity index (χ0) is 22.8. The van der Waals surface area contributed by atoms with Crippen LogP contribution in [0.15, 0.2) is 84.9 Å². The third kappa shape index (κ3) is 3.62. The van der Waals surface area contributed by atoms with Crippen LogP contribution >= 0.6 is 7.92 Å². The second-order valence-corrected chi connectivity index (χ2v) is 9.74. The summed E-state index contributed by atoms with van der Waals surface area (Å²) in [5.74, 6) is 1.29. The maximum Gasteiger partial charge on any atom is 0.231 e. The van der Waals surface area contributed by atoms with Gasteiger partial charge in [-0.05, 0) is 41.5 Å². The highest BCUT2D eigenvalue weighted by atomic mass is 31.1. The van der Waals surface area contributed by atoms with Crippen LogP contribution in [-0.2, 0) is 0 Å². The molecular formula is C28H19N2O2P. The van der Waals surface area contributed by atoms with E-state index in [0.29, 0.717) is 28.4 Å². The van der Waals surface area contributed by atoms with Crippen LogP contribution in [0.5, 0.6) is 11.5 Å². The van der Waals surface area contributed by atoms with Gasteiger partial charge in [-0.3, -0.25) is 0 Å². The predicted molar refractivity (Wildman–Crippen MR) is 134 cm³/mol. The standard InChI is InChI=1S/C28H19N2O2P/c1-19-14-15-22(27(30-3)26(19)29-2)25-24(17-16-23-28(25)32-18-31-23)33(20-10-6-4-7-11-20)21-12-8-5-9-13-21/h4-17H,18H2,1H3. The molecule has 0 N–H and O–H groups in total. The third-order valence-corrected chi connectivity index (χ3v) is 8.12. The van der Waals surface area contributed by atoms with E-state index in [1.165, 1.54) is 10.6 Å². The van der Waals surface area contributed by atoms with E-state index in [-0.39, 0.29) is 6.79 Å². The van der Waals surface area contributed by atoms with Gasteiger partial charge in [0, 0.05) is 5.56 Å². The first-order valence-electron chi connectivity index (χ1n) is 10.4. The van der Waals surface area contributed by atoms with Crippen molar-refractivity contribution in [2.45, 2.75) is 6.92 Å². The van der Waals surface area contributed by atoms with Crippen LogP contribution in [-0.4, -0.2) is 6.79 Å². The molecule has 158 valence electrons. The highest BCUT2D eigenvalue weighted by Gasteiger charge is 2.29. The molecule has 1 heterocycles. The van der Waals surface area contributed by atoms with E-state index in [1.54, 1.807) is 0 Å². The number of hydrogen-bond acceptors (Lipinski definition) is 2. The van der Waals surface area contributed by atoms with Gasteiger partial charge in [0.05, 0.1) is 13.1 Å². The van der Waals surface area contributed by atoms with Gasteiger partial charge in [-0.15, -0.1) is 0 Å². The first kappa shape index (κ1) is 20.8. The Labute approximate surface area is 194 Å². The fourth-order valence-electron chi connectivity index (χ4n) is 4.13. The highest BCUT2D eigenvalue weighted by molar-refractivity contribution is 7.80. The van der Waals surface area contributed by atoms with E-state index in [1.807, 2.05) is 61.5 Å². The number of fused-ring (bicyclic) bond motifs is 1. The van der Waals surface area contributed by atoms with Crippen LogP contribution in [0, 0.1) is 20.1 Å². The van der Waals surface area contributed by atoms with Crippen LogP contribution in [0.4, 0.5) is 11.4 Å². The summed E-state index contributed by atoms with van der Waals surface area (Å²) in [6.07, 6.45) is 0. The molecule has 0 fully saturated rings. The number of ether oxygens (including phenoxy) is 2. The highest BCUT2D eigenvalue weighted by Crippen LogP contribution is 2.50. The van der Waals surface area contributed by atoms with Gasteiger partial charge in [0.2, 0.25) is 12.5 Å². The Morgan fingerprint density at radius 3 is 1.97 bits per heavy atom. The molecule has 4 nitrogen and oxygen atoms in total. The quantitative estimate of drug-likeness (QED) is 0.274. The third-order valence-electron chi connectivity index (χ3n) is 5.63. The second kappa shape index (κ2) is 8.79. The molecule has 0 bridgehead atoms. The molecule has 0 saturated carbocycles. The molecular weight excluding hydrogens is 427 g/mol. The number of nitrogens with zero attached hydrogens (tertiary/aromatic N) is 2. The minimum absolute atomic E-state index is 0.134. The molecule has 0 radical (unpaired) electrons. The zero-order valence-electron chi connectivity index (χ0n) is 17.9. The molecule has 1 aliphatic heterocycles. The summed E-state index contributed by atoms with van der Waals surface area (Å²) in [7, 11) is -0.952. The largest absolute Gasteiger partial charge is 0.454 e. The van der Waals surface area contributed by atoms with Gasteiger partial charge >= 0.3 is 0 Å². The fraction of sp³-hybridized carbons (Fsp3) is 0.0714. The van der Waals surface area contributed by atoms with Gasteiger partial charge < -0.3 is 9.47 Å². The normalized spacial score (nSPS) is 11.8. The van der Waals surface area contributed by atoms with E-state index < -0.39 is 7.92 Å². The van der Waals surface area contributed by atoms with Crippen molar-refractivity contribution in [1.82, 2.24) is 0 Å². The average molecular weight is 446 g/mol. The summed E-state index contributed by atoms with van der Waals surface area (Å²) in [5.41, 5.74) is 3.07. The smallest absolute Gasteiger partial charge is 0.231 e. The lowest BCUT2D eigenvalue weighted by molar-refractivity contribution is 0.174. The Morgan fingerprint density at radius 2 is 1.36 bits per heavy atom. The summed E-state index contributed by atoms with van der Waals surface area (Å²) in [6, 6.07) is 28.7. The van der Waals surface area contributed by atoms with E-state index in [4.69, 9.17) is 22.6 Å². The molecule has 0 unspecified atom stereocenters. The minimum atomic E-state index is -0.952. The van der Waals surface area contributed by atoms with Crippen molar-refractivity contribution >= 4 is 35.2 Å². The lowest BCUT2D eigenvalue weighted by Gasteiger charge is -2.24. The van der Waals surface area contributed by atoms with Crippen LogP contribution in [0.25, 0.3) is 20.8 Å². The van der Waals surface area contributed by atoms with Gasteiger partial charge in [0.25, 0.3) is 0 Å². The van der Waals surface area contributed by atoms with E-state index in [0.717, 1.165) is 16.4 Å². The molecule has 5 rings (SSSR count). The topological polar surface area (TPSA) is 27.2 Å². The summed E-state index contributed by atoms with van der Waals surface area (Å²) < 4.78 is 11.7. The Hall–Kier alpha value is -4.11. The van der Waals surface area contributed by atoms with Crippen LogP contribution in [0.2, 0.25) is 0 Å². The van der Waals surface area contributed by atoms with E-state index in [9.17, 15) is 0 Å². The molecule has 5 heteroatoms. The Balaban J connectivity index is 1.86. The van der Waals surface area contributed by atoms with Crippen molar-refractivity contribution in [2.24, 2.45) is 0 Å². The number of hydrogen-bond donors (Lipinski definition) is 0. The van der Waals surface area contributed by atoms with Crippen molar-refractivity contribution in [1.29, 1.82) is 0 Å². The van der Waals surface area contributed by atoms with Crippen molar-refractivity contribution in [3.05, 3.63) is 113 Å². The summed E-state index contributed by atoms with van der Waals surface area (Å²) in [6.45, 7) is 17.6. The van der Waals surface area contributed by atoms with Crippen molar-refractivity contribution < 1.29 is 9.47 Å². The predicted octanol–water partition coefficient (Wildman–Crippen LogP) is 6.25. The molecule has 4 aromatic carbocycles. The number of benzene rings is 4. The van der Waals surface area contributed by atoms with Crippen LogP contribution in [0.3, 0.4) is 0 Å². The summed E-state index contributed by atoms with van der Waals surface area (Å²) >= 11 is 0. The van der Waals surface area contributed by atoms with E-state index in [2.05, 4.69) is 40.0 Å². The van der Waals surface area contributed by atoms with Crippen molar-refractivity contribution in [2.75, 3.05) is 6.79 Å². The van der Waals surface area contributed by atoms with Crippen LogP contribution < -0.4 is 25.4 Å². The Kier molecular flexibility index (Phi) is 5.54. The van der Waals surface area contributed by atoms with Gasteiger partial charge in [-0.25, -0.2) is 9.69 Å². The maximum atomic E-state index is 7.89. The number of rotatable bonds is 4. The molecule has 4 aromatic rings. The van der Waals surface area contributed by atoms with Gasteiger partial charge in [0.15, 0.2) is 17.2 Å². The molecule has 33 heavy (non-hydrogen) atoms. The summed E-state index contributed by atoms with van der Waals surface area (Å²) in [5, 5.41) is 3.46. The molecule has 0 saturated heterocycles. The lowest BCUT2D eigenvalue weighted by atomic mass is 9.99. The minimum Gasteiger partial charge on any atom is -0.454 e. The summed E-state index contributed by atoms with van der Waals surface area (Å²) in [4.78, 5) is 7.48. The Morgan fingerprint density at radius 1 is 0.727 bits per heavy atom. The first-order chi connectivity index (χ1) is 16.2. The number of aryl methyl sites for hydroxylation is 1. The molecule has 0 aliphatic carbocycles. The van der Waals surface area contributed by atoms with Gasteiger partial charge in [-0.1, -0.05) is 85.3 Å². The lowest BCUT2D eigenvalue weighted by Crippen LogP contribution is -2.22. The monoisotopic (exact) mass is 446 g/mol. The average Bonchev–Trinajstić information content (AvgIpc) is 3.34. The molecule has 0 spiro atoms. The molecule has 1 aliphatic rings.